The lowest BCUT2D eigenvalue weighted by Gasteiger charge is -2.09. The van der Waals surface area contributed by atoms with Crippen molar-refractivity contribution in [2.24, 2.45) is 0 Å². The van der Waals surface area contributed by atoms with E-state index in [9.17, 15) is 0 Å². The molecule has 1 aliphatic rings. The van der Waals surface area contributed by atoms with Crippen LogP contribution >= 0.6 is 11.6 Å². The van der Waals surface area contributed by atoms with Crippen molar-refractivity contribution in [1.82, 2.24) is 14.8 Å². The Kier molecular flexibility index (Phi) is 2.86. The Hall–Kier alpha value is -1.35. The summed E-state index contributed by atoms with van der Waals surface area (Å²) in [6.45, 7) is 4.24. The molecule has 0 N–H and O–H groups in total. The fourth-order valence-corrected chi connectivity index (χ4v) is 2.76. The summed E-state index contributed by atoms with van der Waals surface area (Å²) in [6, 6.07) is 11.0. The van der Waals surface area contributed by atoms with Crippen LogP contribution in [-0.2, 0) is 0 Å². The van der Waals surface area contributed by atoms with Gasteiger partial charge in [-0.05, 0) is 23.6 Å². The summed E-state index contributed by atoms with van der Waals surface area (Å²) in [4.78, 5) is 0. The molecule has 0 amide bonds. The summed E-state index contributed by atoms with van der Waals surface area (Å²) in [5.41, 5.74) is 1.38. The molecule has 94 valence electrons. The molecular formula is C14H16ClN3. The molecule has 0 bridgehead atoms. The molecule has 2 unspecified atom stereocenters. The number of rotatable bonds is 3. The molecule has 0 spiro atoms. The third-order valence-electron chi connectivity index (χ3n) is 3.51. The van der Waals surface area contributed by atoms with Gasteiger partial charge in [0.15, 0.2) is 0 Å². The van der Waals surface area contributed by atoms with Crippen LogP contribution in [0.15, 0.2) is 30.3 Å². The van der Waals surface area contributed by atoms with Gasteiger partial charge in [0, 0.05) is 17.9 Å². The maximum atomic E-state index is 6.17. The summed E-state index contributed by atoms with van der Waals surface area (Å²) in [7, 11) is 0. The van der Waals surface area contributed by atoms with E-state index in [4.69, 9.17) is 11.6 Å². The van der Waals surface area contributed by atoms with Gasteiger partial charge >= 0.3 is 0 Å². The number of aromatic nitrogens is 3. The van der Waals surface area contributed by atoms with Crippen molar-refractivity contribution >= 4 is 11.6 Å². The van der Waals surface area contributed by atoms with Crippen molar-refractivity contribution in [2.45, 2.75) is 38.1 Å². The molecule has 2 atom stereocenters. The lowest BCUT2D eigenvalue weighted by molar-refractivity contribution is 0.628. The first-order valence-electron chi connectivity index (χ1n) is 6.33. The van der Waals surface area contributed by atoms with Crippen LogP contribution in [-0.4, -0.2) is 14.8 Å². The first-order valence-corrected chi connectivity index (χ1v) is 6.71. The van der Waals surface area contributed by atoms with Gasteiger partial charge in [0.05, 0.1) is 0 Å². The highest BCUT2D eigenvalue weighted by Crippen LogP contribution is 2.52. The van der Waals surface area contributed by atoms with Gasteiger partial charge in [-0.2, -0.15) is 0 Å². The largest absolute Gasteiger partial charge is 0.298 e. The zero-order valence-corrected chi connectivity index (χ0v) is 11.3. The van der Waals surface area contributed by atoms with Gasteiger partial charge in [-0.1, -0.05) is 44.2 Å². The van der Waals surface area contributed by atoms with Gasteiger partial charge in [0.1, 0.15) is 5.82 Å². The quantitative estimate of drug-likeness (QED) is 0.842. The number of halogens is 1. The van der Waals surface area contributed by atoms with E-state index < -0.39 is 0 Å². The first-order chi connectivity index (χ1) is 8.68. The molecular weight excluding hydrogens is 246 g/mol. The second kappa shape index (κ2) is 4.39. The number of nitrogens with zero attached hydrogens (tertiary/aromatic N) is 3. The topological polar surface area (TPSA) is 30.7 Å². The third kappa shape index (κ3) is 1.93. The van der Waals surface area contributed by atoms with Crippen LogP contribution in [0.5, 0.6) is 0 Å². The van der Waals surface area contributed by atoms with Crippen LogP contribution in [0.4, 0.5) is 0 Å². The Labute approximate surface area is 112 Å². The van der Waals surface area contributed by atoms with E-state index in [2.05, 4.69) is 52.9 Å². The Bertz CT molecular complexity index is 547. The van der Waals surface area contributed by atoms with Gasteiger partial charge in [-0.3, -0.25) is 4.57 Å². The normalized spacial score (nSPS) is 22.4. The number of benzene rings is 1. The molecule has 1 saturated carbocycles. The van der Waals surface area contributed by atoms with Crippen LogP contribution in [0.1, 0.15) is 49.5 Å². The van der Waals surface area contributed by atoms with E-state index in [-0.39, 0.29) is 0 Å². The number of hydrogen-bond donors (Lipinski definition) is 0. The van der Waals surface area contributed by atoms with E-state index in [0.717, 1.165) is 12.2 Å². The van der Waals surface area contributed by atoms with E-state index in [0.29, 0.717) is 23.2 Å². The molecule has 2 aromatic rings. The lowest BCUT2D eigenvalue weighted by atomic mass is 10.1. The number of hydrogen-bond acceptors (Lipinski definition) is 2. The molecule has 1 aromatic carbocycles. The molecule has 0 saturated heterocycles. The van der Waals surface area contributed by atoms with E-state index >= 15 is 0 Å². The van der Waals surface area contributed by atoms with Crippen LogP contribution < -0.4 is 0 Å². The zero-order chi connectivity index (χ0) is 12.7. The minimum Gasteiger partial charge on any atom is -0.298 e. The molecule has 1 heterocycles. The maximum absolute atomic E-state index is 6.17. The van der Waals surface area contributed by atoms with Crippen molar-refractivity contribution in [3.8, 4) is 0 Å². The maximum Gasteiger partial charge on any atom is 0.225 e. The van der Waals surface area contributed by atoms with Gasteiger partial charge < -0.3 is 0 Å². The van der Waals surface area contributed by atoms with Crippen molar-refractivity contribution < 1.29 is 0 Å². The predicted octanol–water partition coefficient (Wildman–Crippen LogP) is 3.78. The highest BCUT2D eigenvalue weighted by Gasteiger charge is 2.42. The molecule has 0 radical (unpaired) electrons. The van der Waals surface area contributed by atoms with Gasteiger partial charge in [-0.25, -0.2) is 0 Å². The molecule has 3 rings (SSSR count). The van der Waals surface area contributed by atoms with Crippen molar-refractivity contribution in [3.05, 3.63) is 47.0 Å². The van der Waals surface area contributed by atoms with E-state index in [1.165, 1.54) is 5.56 Å². The molecule has 3 nitrogen and oxygen atoms in total. The van der Waals surface area contributed by atoms with Crippen molar-refractivity contribution in [3.63, 3.8) is 0 Å². The summed E-state index contributed by atoms with van der Waals surface area (Å²) in [5, 5.41) is 8.71. The van der Waals surface area contributed by atoms with Gasteiger partial charge in [0.25, 0.3) is 0 Å². The van der Waals surface area contributed by atoms with E-state index in [1.807, 2.05) is 6.07 Å². The molecule has 1 fully saturated rings. The molecule has 4 heteroatoms. The predicted molar refractivity (Wildman–Crippen MR) is 72.0 cm³/mol. The van der Waals surface area contributed by atoms with Crippen LogP contribution in [0, 0.1) is 0 Å². The Balaban J connectivity index is 1.89. The summed E-state index contributed by atoms with van der Waals surface area (Å²) in [6.07, 6.45) is 1.13. The van der Waals surface area contributed by atoms with Crippen LogP contribution in [0.25, 0.3) is 0 Å². The fourth-order valence-electron chi connectivity index (χ4n) is 2.51. The third-order valence-corrected chi connectivity index (χ3v) is 3.77. The minimum atomic E-state index is 0.349. The molecule has 1 aromatic heterocycles. The average Bonchev–Trinajstić information content (AvgIpc) is 3.06. The monoisotopic (exact) mass is 261 g/mol. The molecule has 1 aliphatic carbocycles. The minimum absolute atomic E-state index is 0.349. The second-order valence-electron chi connectivity index (χ2n) is 5.17. The second-order valence-corrected chi connectivity index (χ2v) is 5.51. The fraction of sp³-hybridized carbons (Fsp3) is 0.429. The lowest BCUT2D eigenvalue weighted by Crippen LogP contribution is -2.04. The SMILES string of the molecule is CC(C)c1nnc(Cl)n1C1CC1c1ccccc1. The van der Waals surface area contributed by atoms with Gasteiger partial charge in [0.2, 0.25) is 5.28 Å². The van der Waals surface area contributed by atoms with Crippen LogP contribution in [0.3, 0.4) is 0 Å². The summed E-state index contributed by atoms with van der Waals surface area (Å²) in [5.74, 6) is 1.89. The summed E-state index contributed by atoms with van der Waals surface area (Å²) >= 11 is 6.17. The van der Waals surface area contributed by atoms with E-state index in [1.54, 1.807) is 0 Å². The van der Waals surface area contributed by atoms with Gasteiger partial charge in [-0.15, -0.1) is 10.2 Å². The smallest absolute Gasteiger partial charge is 0.225 e. The Morgan fingerprint density at radius 2 is 1.94 bits per heavy atom. The zero-order valence-electron chi connectivity index (χ0n) is 10.5. The molecule has 0 aliphatic heterocycles. The average molecular weight is 262 g/mol. The standard InChI is InChI=1S/C14H16ClN3/c1-9(2)13-16-17-14(15)18(13)12-8-11(12)10-6-4-3-5-7-10/h3-7,9,11-12H,8H2,1-2H3. The van der Waals surface area contributed by atoms with Crippen molar-refractivity contribution in [1.29, 1.82) is 0 Å². The first kappa shape index (κ1) is 11.7. The van der Waals surface area contributed by atoms with Crippen molar-refractivity contribution in [2.75, 3.05) is 0 Å². The molecule has 18 heavy (non-hydrogen) atoms. The van der Waals surface area contributed by atoms with Crippen LogP contribution in [0.2, 0.25) is 5.28 Å². The highest BCUT2D eigenvalue weighted by molar-refractivity contribution is 6.28. The Morgan fingerprint density at radius 1 is 1.22 bits per heavy atom. The highest BCUT2D eigenvalue weighted by atomic mass is 35.5. The summed E-state index contributed by atoms with van der Waals surface area (Å²) < 4.78 is 2.10. The Morgan fingerprint density at radius 3 is 2.61 bits per heavy atom.